The Morgan fingerprint density at radius 2 is 1.96 bits per heavy atom. The highest BCUT2D eigenvalue weighted by Gasteiger charge is 2.11. The summed E-state index contributed by atoms with van der Waals surface area (Å²) in [4.78, 5) is 12.1. The molecule has 3 aromatic rings. The molecule has 1 aromatic heterocycles. The van der Waals surface area contributed by atoms with Crippen molar-refractivity contribution < 1.29 is 9.53 Å². The van der Waals surface area contributed by atoms with Crippen LogP contribution in [0.15, 0.2) is 48.8 Å². The number of aromatic nitrogens is 4. The summed E-state index contributed by atoms with van der Waals surface area (Å²) in [6.45, 7) is 0.946. The average molecular weight is 363 g/mol. The van der Waals surface area contributed by atoms with E-state index in [1.165, 1.54) is 30.3 Å². The van der Waals surface area contributed by atoms with Gasteiger partial charge >= 0.3 is 0 Å². The van der Waals surface area contributed by atoms with E-state index in [-0.39, 0.29) is 5.91 Å². The summed E-state index contributed by atoms with van der Waals surface area (Å²) in [7, 11) is 0. The maximum Gasteiger partial charge on any atom is 0.224 e. The molecule has 1 aliphatic rings. The smallest absolute Gasteiger partial charge is 0.224 e. The van der Waals surface area contributed by atoms with Gasteiger partial charge in [0.15, 0.2) is 0 Å². The summed E-state index contributed by atoms with van der Waals surface area (Å²) in [6, 6.07) is 13.9. The number of carbonyl (C=O) groups is 1. The van der Waals surface area contributed by atoms with Gasteiger partial charge in [0.2, 0.25) is 5.91 Å². The number of nitrogens with one attached hydrogen (secondary N) is 1. The van der Waals surface area contributed by atoms with Gasteiger partial charge in [-0.2, -0.15) is 0 Å². The molecule has 0 fully saturated rings. The number of ether oxygens (including phenoxy) is 1. The molecule has 0 aliphatic heterocycles. The van der Waals surface area contributed by atoms with Crippen LogP contribution in [-0.4, -0.2) is 39.3 Å². The number of benzene rings is 2. The van der Waals surface area contributed by atoms with Gasteiger partial charge in [0.25, 0.3) is 0 Å². The fourth-order valence-electron chi connectivity index (χ4n) is 3.29. The zero-order valence-corrected chi connectivity index (χ0v) is 15.0. The first kappa shape index (κ1) is 17.2. The fourth-order valence-corrected chi connectivity index (χ4v) is 3.29. The van der Waals surface area contributed by atoms with E-state index in [0.29, 0.717) is 19.6 Å². The van der Waals surface area contributed by atoms with Crippen LogP contribution in [0.4, 0.5) is 0 Å². The van der Waals surface area contributed by atoms with Gasteiger partial charge in [-0.25, -0.2) is 4.68 Å². The van der Waals surface area contributed by atoms with E-state index in [1.807, 2.05) is 30.3 Å². The Morgan fingerprint density at radius 1 is 1.11 bits per heavy atom. The van der Waals surface area contributed by atoms with Gasteiger partial charge < -0.3 is 10.1 Å². The number of rotatable bonds is 7. The SMILES string of the molecule is O=C(Cc1ccc(-n2cnnn2)cc1)NCCOc1ccc2c(c1)CCC2. The highest BCUT2D eigenvalue weighted by Crippen LogP contribution is 2.25. The van der Waals surface area contributed by atoms with E-state index in [9.17, 15) is 4.79 Å². The second-order valence-corrected chi connectivity index (χ2v) is 6.58. The van der Waals surface area contributed by atoms with Crippen LogP contribution in [0.3, 0.4) is 0 Å². The minimum atomic E-state index is -0.0253. The Balaban J connectivity index is 1.20. The molecule has 0 spiro atoms. The van der Waals surface area contributed by atoms with Crippen molar-refractivity contribution in [2.45, 2.75) is 25.7 Å². The summed E-state index contributed by atoms with van der Waals surface area (Å²) in [6.07, 6.45) is 5.39. The molecule has 7 heteroatoms. The predicted octanol–water partition coefficient (Wildman–Crippen LogP) is 1.89. The van der Waals surface area contributed by atoms with Crippen molar-refractivity contribution in [3.8, 4) is 11.4 Å². The lowest BCUT2D eigenvalue weighted by Crippen LogP contribution is -2.29. The predicted molar refractivity (Wildman–Crippen MR) is 99.8 cm³/mol. The molecule has 0 saturated carbocycles. The number of hydrogen-bond donors (Lipinski definition) is 1. The zero-order chi connectivity index (χ0) is 18.5. The second kappa shape index (κ2) is 7.99. The number of fused-ring (bicyclic) bond motifs is 1. The molecule has 1 amide bonds. The molecular weight excluding hydrogens is 342 g/mol. The lowest BCUT2D eigenvalue weighted by atomic mass is 10.1. The molecule has 2 aromatic carbocycles. The highest BCUT2D eigenvalue weighted by atomic mass is 16.5. The maximum absolute atomic E-state index is 12.1. The molecule has 1 N–H and O–H groups in total. The van der Waals surface area contributed by atoms with Crippen molar-refractivity contribution in [2.75, 3.05) is 13.2 Å². The number of tetrazole rings is 1. The van der Waals surface area contributed by atoms with E-state index < -0.39 is 0 Å². The lowest BCUT2D eigenvalue weighted by molar-refractivity contribution is -0.120. The zero-order valence-electron chi connectivity index (χ0n) is 15.0. The lowest BCUT2D eigenvalue weighted by Gasteiger charge is -2.09. The van der Waals surface area contributed by atoms with E-state index >= 15 is 0 Å². The molecule has 7 nitrogen and oxygen atoms in total. The van der Waals surface area contributed by atoms with Crippen molar-refractivity contribution >= 4 is 5.91 Å². The Kier molecular flexibility index (Phi) is 5.09. The maximum atomic E-state index is 12.1. The van der Waals surface area contributed by atoms with Crippen LogP contribution in [0.25, 0.3) is 5.69 Å². The number of carbonyl (C=O) groups excluding carboxylic acids is 1. The van der Waals surface area contributed by atoms with E-state index in [0.717, 1.165) is 23.4 Å². The first-order valence-electron chi connectivity index (χ1n) is 9.11. The first-order valence-corrected chi connectivity index (χ1v) is 9.11. The molecule has 138 valence electrons. The van der Waals surface area contributed by atoms with E-state index in [2.05, 4.69) is 33.0 Å². The monoisotopic (exact) mass is 363 g/mol. The normalized spacial score (nSPS) is 12.6. The molecule has 4 rings (SSSR count). The topological polar surface area (TPSA) is 81.9 Å². The minimum Gasteiger partial charge on any atom is -0.492 e. The standard InChI is InChI=1S/C20H21N5O2/c26-20(12-15-4-7-18(8-5-15)25-14-22-23-24-25)21-10-11-27-19-9-6-16-2-1-3-17(16)13-19/h4-9,13-14H,1-3,10-12H2,(H,21,26). The van der Waals surface area contributed by atoms with Crippen molar-refractivity contribution in [1.82, 2.24) is 25.5 Å². The number of amides is 1. The van der Waals surface area contributed by atoms with Crippen LogP contribution in [0.5, 0.6) is 5.75 Å². The van der Waals surface area contributed by atoms with Gasteiger partial charge in [-0.1, -0.05) is 18.2 Å². The molecule has 0 unspecified atom stereocenters. The Morgan fingerprint density at radius 3 is 2.78 bits per heavy atom. The molecular formula is C20H21N5O2. The van der Waals surface area contributed by atoms with Gasteiger partial charge in [-0.15, -0.1) is 5.10 Å². The van der Waals surface area contributed by atoms with Crippen LogP contribution < -0.4 is 10.1 Å². The van der Waals surface area contributed by atoms with E-state index in [1.54, 1.807) is 4.68 Å². The third kappa shape index (κ3) is 4.31. The molecule has 1 heterocycles. The Labute approximate surface area is 157 Å². The van der Waals surface area contributed by atoms with Crippen molar-refractivity contribution in [2.24, 2.45) is 0 Å². The van der Waals surface area contributed by atoms with Crippen LogP contribution in [0.2, 0.25) is 0 Å². The fraction of sp³-hybridized carbons (Fsp3) is 0.300. The summed E-state index contributed by atoms with van der Waals surface area (Å²) >= 11 is 0. The van der Waals surface area contributed by atoms with Crippen LogP contribution >= 0.6 is 0 Å². The molecule has 0 saturated heterocycles. The molecule has 0 radical (unpaired) electrons. The first-order chi connectivity index (χ1) is 13.3. The van der Waals surface area contributed by atoms with Gasteiger partial charge in [-0.05, 0) is 70.6 Å². The van der Waals surface area contributed by atoms with Crippen molar-refractivity contribution in [1.29, 1.82) is 0 Å². The van der Waals surface area contributed by atoms with Crippen molar-refractivity contribution in [3.63, 3.8) is 0 Å². The van der Waals surface area contributed by atoms with Gasteiger partial charge in [-0.3, -0.25) is 4.79 Å². The summed E-state index contributed by atoms with van der Waals surface area (Å²) in [5, 5.41) is 13.9. The van der Waals surface area contributed by atoms with Crippen molar-refractivity contribution in [3.05, 3.63) is 65.5 Å². The largest absolute Gasteiger partial charge is 0.492 e. The Hall–Kier alpha value is -3.22. The third-order valence-electron chi connectivity index (χ3n) is 4.68. The molecule has 27 heavy (non-hydrogen) atoms. The van der Waals surface area contributed by atoms with Crippen LogP contribution in [0.1, 0.15) is 23.1 Å². The molecule has 0 atom stereocenters. The minimum absolute atomic E-state index is 0.0253. The summed E-state index contributed by atoms with van der Waals surface area (Å²) in [5.41, 5.74) is 4.61. The quantitative estimate of drug-likeness (QED) is 0.648. The van der Waals surface area contributed by atoms with Crippen LogP contribution in [-0.2, 0) is 24.1 Å². The number of aryl methyl sites for hydroxylation is 2. The number of nitrogens with zero attached hydrogens (tertiary/aromatic N) is 4. The second-order valence-electron chi connectivity index (χ2n) is 6.58. The van der Waals surface area contributed by atoms with Gasteiger partial charge in [0.05, 0.1) is 18.7 Å². The van der Waals surface area contributed by atoms with Gasteiger partial charge in [0.1, 0.15) is 18.7 Å². The molecule has 0 bridgehead atoms. The average Bonchev–Trinajstić information content (AvgIpc) is 3.37. The van der Waals surface area contributed by atoms with Gasteiger partial charge in [0, 0.05) is 0 Å². The molecule has 1 aliphatic carbocycles. The van der Waals surface area contributed by atoms with E-state index in [4.69, 9.17) is 4.74 Å². The number of hydrogen-bond acceptors (Lipinski definition) is 5. The summed E-state index contributed by atoms with van der Waals surface area (Å²) in [5.74, 6) is 0.853. The summed E-state index contributed by atoms with van der Waals surface area (Å²) < 4.78 is 7.32. The highest BCUT2D eigenvalue weighted by molar-refractivity contribution is 5.78. The Bertz CT molecular complexity index is 907. The van der Waals surface area contributed by atoms with Crippen LogP contribution in [0, 0.1) is 0 Å². The third-order valence-corrected chi connectivity index (χ3v) is 4.68.